The normalized spacial score (nSPS) is 15.2. The summed E-state index contributed by atoms with van der Waals surface area (Å²) < 4.78 is 23.0. The van der Waals surface area contributed by atoms with Gasteiger partial charge in [-0.15, -0.1) is 0 Å². The zero-order valence-corrected chi connectivity index (χ0v) is 17.5. The summed E-state index contributed by atoms with van der Waals surface area (Å²) in [5.74, 6) is -0.255. The van der Waals surface area contributed by atoms with Gasteiger partial charge in [-0.25, -0.2) is 8.42 Å². The molecule has 0 aliphatic carbocycles. The quantitative estimate of drug-likeness (QED) is 0.777. The lowest BCUT2D eigenvalue weighted by Crippen LogP contribution is -2.50. The third-order valence-corrected chi connectivity index (χ3v) is 6.03. The van der Waals surface area contributed by atoms with Gasteiger partial charge in [0.1, 0.15) is 0 Å². The molecule has 2 aromatic carbocycles. The van der Waals surface area contributed by atoms with E-state index in [1.807, 2.05) is 4.90 Å². The number of nitrogens with zero attached hydrogens (tertiary/aromatic N) is 2. The van der Waals surface area contributed by atoms with Crippen molar-refractivity contribution in [3.05, 3.63) is 59.1 Å². The molecule has 2 aromatic rings. The molecule has 1 heterocycles. The SMILES string of the molecule is CS(=O)(=O)c1ccc(NC(=O)CN2CCN(C(=O)c3cccc(Cl)c3)CC2)cc1. The van der Waals surface area contributed by atoms with Gasteiger partial charge in [0.05, 0.1) is 11.4 Å². The Bertz CT molecular complexity index is 1000. The summed E-state index contributed by atoms with van der Waals surface area (Å²) in [6, 6.07) is 12.9. The molecule has 1 aliphatic rings. The minimum atomic E-state index is -3.27. The molecular formula is C20H22ClN3O4S. The molecule has 0 saturated carbocycles. The van der Waals surface area contributed by atoms with Crippen LogP contribution in [0, 0.1) is 0 Å². The maximum absolute atomic E-state index is 12.5. The molecule has 0 unspecified atom stereocenters. The van der Waals surface area contributed by atoms with E-state index in [1.54, 1.807) is 41.3 Å². The molecule has 0 aromatic heterocycles. The van der Waals surface area contributed by atoms with Crippen molar-refractivity contribution in [2.45, 2.75) is 4.90 Å². The van der Waals surface area contributed by atoms with Gasteiger partial charge in [-0.1, -0.05) is 17.7 Å². The second-order valence-corrected chi connectivity index (χ2v) is 9.38. The van der Waals surface area contributed by atoms with Crippen molar-refractivity contribution < 1.29 is 18.0 Å². The Morgan fingerprint density at radius 3 is 2.28 bits per heavy atom. The molecule has 154 valence electrons. The topological polar surface area (TPSA) is 86.8 Å². The minimum absolute atomic E-state index is 0.0671. The first-order valence-corrected chi connectivity index (χ1v) is 11.4. The lowest BCUT2D eigenvalue weighted by Gasteiger charge is -2.34. The second kappa shape index (κ2) is 8.94. The first-order valence-electron chi connectivity index (χ1n) is 9.09. The van der Waals surface area contributed by atoms with E-state index in [4.69, 9.17) is 11.6 Å². The molecule has 1 N–H and O–H groups in total. The molecule has 0 atom stereocenters. The van der Waals surface area contributed by atoms with Gasteiger partial charge in [0.15, 0.2) is 9.84 Å². The summed E-state index contributed by atoms with van der Waals surface area (Å²) in [7, 11) is -3.27. The van der Waals surface area contributed by atoms with Gasteiger partial charge in [-0.05, 0) is 42.5 Å². The number of rotatable bonds is 5. The third-order valence-electron chi connectivity index (χ3n) is 4.66. The zero-order valence-electron chi connectivity index (χ0n) is 16.0. The predicted octanol–water partition coefficient (Wildman–Crippen LogP) is 2.14. The van der Waals surface area contributed by atoms with Crippen molar-refractivity contribution >= 4 is 38.9 Å². The van der Waals surface area contributed by atoms with Crippen LogP contribution in [0.4, 0.5) is 5.69 Å². The van der Waals surface area contributed by atoms with E-state index in [0.29, 0.717) is 42.5 Å². The Morgan fingerprint density at radius 1 is 1.03 bits per heavy atom. The lowest BCUT2D eigenvalue weighted by molar-refractivity contribution is -0.117. The van der Waals surface area contributed by atoms with Gasteiger partial charge in [-0.3, -0.25) is 14.5 Å². The Kier molecular flexibility index (Phi) is 6.56. The maximum atomic E-state index is 12.5. The monoisotopic (exact) mass is 435 g/mol. The van der Waals surface area contributed by atoms with Crippen LogP contribution in [0.15, 0.2) is 53.4 Å². The number of nitrogens with one attached hydrogen (secondary N) is 1. The Hall–Kier alpha value is -2.42. The second-order valence-electron chi connectivity index (χ2n) is 6.92. The van der Waals surface area contributed by atoms with Crippen molar-refractivity contribution in [2.75, 3.05) is 44.3 Å². The van der Waals surface area contributed by atoms with Crippen LogP contribution in [0.2, 0.25) is 5.02 Å². The van der Waals surface area contributed by atoms with Crippen LogP contribution in [-0.2, 0) is 14.6 Å². The van der Waals surface area contributed by atoms with Crippen LogP contribution in [-0.4, -0.2) is 69.0 Å². The molecule has 7 nitrogen and oxygen atoms in total. The van der Waals surface area contributed by atoms with Crippen LogP contribution in [0.25, 0.3) is 0 Å². The van der Waals surface area contributed by atoms with Gasteiger partial charge in [0.25, 0.3) is 5.91 Å². The molecule has 0 spiro atoms. The lowest BCUT2D eigenvalue weighted by atomic mass is 10.2. The molecule has 2 amide bonds. The minimum Gasteiger partial charge on any atom is -0.336 e. The number of anilines is 1. The molecular weight excluding hydrogens is 414 g/mol. The molecule has 0 bridgehead atoms. The number of piperazine rings is 1. The van der Waals surface area contributed by atoms with E-state index in [9.17, 15) is 18.0 Å². The maximum Gasteiger partial charge on any atom is 0.253 e. The highest BCUT2D eigenvalue weighted by molar-refractivity contribution is 7.90. The molecule has 0 radical (unpaired) electrons. The molecule has 1 aliphatic heterocycles. The van der Waals surface area contributed by atoms with Crippen LogP contribution in [0.1, 0.15) is 10.4 Å². The Labute approximate surface area is 175 Å². The van der Waals surface area contributed by atoms with Gasteiger partial charge in [0, 0.05) is 48.7 Å². The van der Waals surface area contributed by atoms with Crippen molar-refractivity contribution in [2.24, 2.45) is 0 Å². The summed E-state index contributed by atoms with van der Waals surface area (Å²) in [6.07, 6.45) is 1.14. The molecule has 9 heteroatoms. The van der Waals surface area contributed by atoms with Crippen molar-refractivity contribution in [3.8, 4) is 0 Å². The number of hydrogen-bond donors (Lipinski definition) is 1. The van der Waals surface area contributed by atoms with Crippen LogP contribution < -0.4 is 5.32 Å². The van der Waals surface area contributed by atoms with Crippen LogP contribution in [0.3, 0.4) is 0 Å². The summed E-state index contributed by atoms with van der Waals surface area (Å²) in [5, 5.41) is 3.29. The third kappa shape index (κ3) is 5.79. The molecule has 1 fully saturated rings. The van der Waals surface area contributed by atoms with E-state index >= 15 is 0 Å². The van der Waals surface area contributed by atoms with Crippen molar-refractivity contribution in [1.29, 1.82) is 0 Å². The van der Waals surface area contributed by atoms with Crippen molar-refractivity contribution in [3.63, 3.8) is 0 Å². The summed E-state index contributed by atoms with van der Waals surface area (Å²) in [6.45, 7) is 2.44. The standard InChI is InChI=1S/C20H22ClN3O4S/c1-29(27,28)18-7-5-17(6-8-18)22-19(25)14-23-9-11-24(12-10-23)20(26)15-3-2-4-16(21)13-15/h2-8,13H,9-12,14H2,1H3,(H,22,25). The summed E-state index contributed by atoms with van der Waals surface area (Å²) in [4.78, 5) is 28.8. The first-order chi connectivity index (χ1) is 13.7. The average Bonchev–Trinajstić information content (AvgIpc) is 2.67. The fourth-order valence-electron chi connectivity index (χ4n) is 3.10. The predicted molar refractivity (Wildman–Crippen MR) is 112 cm³/mol. The first kappa shape index (κ1) is 21.3. The van der Waals surface area contributed by atoms with Crippen molar-refractivity contribution in [1.82, 2.24) is 9.80 Å². The fourth-order valence-corrected chi connectivity index (χ4v) is 3.92. The number of amides is 2. The van der Waals surface area contributed by atoms with E-state index in [1.165, 1.54) is 12.1 Å². The Morgan fingerprint density at radius 2 is 1.69 bits per heavy atom. The Balaban J connectivity index is 1.49. The van der Waals surface area contributed by atoms with Crippen LogP contribution in [0.5, 0.6) is 0 Å². The van der Waals surface area contributed by atoms with Gasteiger partial charge < -0.3 is 10.2 Å². The highest BCUT2D eigenvalue weighted by atomic mass is 35.5. The molecule has 3 rings (SSSR count). The smallest absolute Gasteiger partial charge is 0.253 e. The molecule has 29 heavy (non-hydrogen) atoms. The molecule has 1 saturated heterocycles. The average molecular weight is 436 g/mol. The van der Waals surface area contributed by atoms with Gasteiger partial charge >= 0.3 is 0 Å². The van der Waals surface area contributed by atoms with E-state index in [-0.39, 0.29) is 23.3 Å². The van der Waals surface area contributed by atoms with Gasteiger partial charge in [-0.2, -0.15) is 0 Å². The highest BCUT2D eigenvalue weighted by Crippen LogP contribution is 2.15. The number of halogens is 1. The number of sulfone groups is 1. The summed E-state index contributed by atoms with van der Waals surface area (Å²) in [5.41, 5.74) is 1.10. The largest absolute Gasteiger partial charge is 0.336 e. The fraction of sp³-hybridized carbons (Fsp3) is 0.300. The van der Waals surface area contributed by atoms with E-state index in [2.05, 4.69) is 5.32 Å². The van der Waals surface area contributed by atoms with Gasteiger partial charge in [0.2, 0.25) is 5.91 Å². The van der Waals surface area contributed by atoms with Crippen LogP contribution >= 0.6 is 11.6 Å². The number of hydrogen-bond acceptors (Lipinski definition) is 5. The zero-order chi connectivity index (χ0) is 21.0. The van der Waals surface area contributed by atoms with E-state index < -0.39 is 9.84 Å². The highest BCUT2D eigenvalue weighted by Gasteiger charge is 2.23. The number of carbonyl (C=O) groups excluding carboxylic acids is 2. The number of carbonyl (C=O) groups is 2. The summed E-state index contributed by atoms with van der Waals surface area (Å²) >= 11 is 5.95. The number of benzene rings is 2. The van der Waals surface area contributed by atoms with E-state index in [0.717, 1.165) is 6.26 Å².